The topological polar surface area (TPSA) is 39.2 Å². The standard InChI is InChI=1S/C16H13NO2/c1-10-9-17-15-12-6-4-3-5-11(12)7-8-13(15)14(10)16(18)19-2/h3-9H,1-2H3. The van der Waals surface area contributed by atoms with E-state index in [0.717, 1.165) is 27.2 Å². The molecule has 0 unspecified atom stereocenters. The molecule has 0 fully saturated rings. The second-order valence-electron chi connectivity index (χ2n) is 4.49. The summed E-state index contributed by atoms with van der Waals surface area (Å²) in [5.41, 5.74) is 2.26. The number of hydrogen-bond acceptors (Lipinski definition) is 3. The van der Waals surface area contributed by atoms with E-state index in [1.54, 1.807) is 6.20 Å². The van der Waals surface area contributed by atoms with Crippen LogP contribution in [0.15, 0.2) is 42.6 Å². The molecular weight excluding hydrogens is 238 g/mol. The number of carbonyl (C=O) groups excluding carboxylic acids is 1. The van der Waals surface area contributed by atoms with E-state index in [-0.39, 0.29) is 5.97 Å². The van der Waals surface area contributed by atoms with Crippen molar-refractivity contribution >= 4 is 27.6 Å². The van der Waals surface area contributed by atoms with E-state index < -0.39 is 0 Å². The molecule has 0 N–H and O–H groups in total. The van der Waals surface area contributed by atoms with Crippen molar-refractivity contribution in [3.05, 3.63) is 53.7 Å². The molecule has 0 atom stereocenters. The van der Waals surface area contributed by atoms with Crippen LogP contribution >= 0.6 is 0 Å². The first-order chi connectivity index (χ1) is 9.22. The largest absolute Gasteiger partial charge is 0.465 e. The second kappa shape index (κ2) is 4.35. The van der Waals surface area contributed by atoms with Crippen LogP contribution in [0.1, 0.15) is 15.9 Å². The average molecular weight is 251 g/mol. The molecule has 0 saturated carbocycles. The molecule has 1 aromatic heterocycles. The highest BCUT2D eigenvalue weighted by Crippen LogP contribution is 2.27. The lowest BCUT2D eigenvalue weighted by molar-refractivity contribution is 0.0602. The lowest BCUT2D eigenvalue weighted by Gasteiger charge is -2.09. The summed E-state index contributed by atoms with van der Waals surface area (Å²) in [6, 6.07) is 12.0. The van der Waals surface area contributed by atoms with Crippen LogP contribution < -0.4 is 0 Å². The quantitative estimate of drug-likeness (QED) is 0.491. The summed E-state index contributed by atoms with van der Waals surface area (Å²) in [6.45, 7) is 1.87. The smallest absolute Gasteiger partial charge is 0.338 e. The maximum atomic E-state index is 11.9. The Hall–Kier alpha value is -2.42. The number of aryl methyl sites for hydroxylation is 1. The summed E-state index contributed by atoms with van der Waals surface area (Å²) in [6.07, 6.45) is 1.72. The number of fused-ring (bicyclic) bond motifs is 3. The Morgan fingerprint density at radius 3 is 2.68 bits per heavy atom. The Morgan fingerprint density at radius 1 is 1.11 bits per heavy atom. The van der Waals surface area contributed by atoms with Crippen molar-refractivity contribution in [3.8, 4) is 0 Å². The lowest BCUT2D eigenvalue weighted by Crippen LogP contribution is -2.05. The SMILES string of the molecule is COC(=O)c1c(C)cnc2c1ccc1ccccc12. The molecule has 1 heterocycles. The fraction of sp³-hybridized carbons (Fsp3) is 0.125. The van der Waals surface area contributed by atoms with Crippen LogP contribution in [0.2, 0.25) is 0 Å². The third kappa shape index (κ3) is 1.74. The average Bonchev–Trinajstić information content (AvgIpc) is 2.46. The van der Waals surface area contributed by atoms with Gasteiger partial charge >= 0.3 is 5.97 Å². The zero-order valence-corrected chi connectivity index (χ0v) is 10.8. The molecule has 3 aromatic rings. The van der Waals surface area contributed by atoms with Gasteiger partial charge < -0.3 is 4.74 Å². The maximum absolute atomic E-state index is 11.9. The zero-order valence-electron chi connectivity index (χ0n) is 10.8. The van der Waals surface area contributed by atoms with Crippen LogP contribution in [-0.2, 0) is 4.74 Å². The number of aromatic nitrogens is 1. The number of methoxy groups -OCH3 is 1. The first kappa shape index (κ1) is 11.7. The molecule has 0 aliphatic heterocycles. The number of pyridine rings is 1. The second-order valence-corrected chi connectivity index (χ2v) is 4.49. The van der Waals surface area contributed by atoms with Gasteiger partial charge in [-0.1, -0.05) is 36.4 Å². The normalized spacial score (nSPS) is 10.8. The van der Waals surface area contributed by atoms with Crippen LogP contribution in [0.5, 0.6) is 0 Å². The molecule has 0 radical (unpaired) electrons. The molecular formula is C16H13NO2. The summed E-state index contributed by atoms with van der Waals surface area (Å²) in [5, 5.41) is 3.00. The van der Waals surface area contributed by atoms with E-state index in [4.69, 9.17) is 4.74 Å². The molecule has 3 rings (SSSR count). The van der Waals surface area contributed by atoms with E-state index in [9.17, 15) is 4.79 Å². The van der Waals surface area contributed by atoms with Gasteiger partial charge in [0, 0.05) is 17.0 Å². The van der Waals surface area contributed by atoms with Crippen LogP contribution in [0, 0.1) is 6.92 Å². The molecule has 3 nitrogen and oxygen atoms in total. The van der Waals surface area contributed by atoms with Crippen LogP contribution in [-0.4, -0.2) is 18.1 Å². The van der Waals surface area contributed by atoms with Gasteiger partial charge in [-0.3, -0.25) is 4.98 Å². The van der Waals surface area contributed by atoms with E-state index in [2.05, 4.69) is 4.98 Å². The Balaban J connectivity index is 2.47. The molecule has 0 spiro atoms. The fourth-order valence-electron chi connectivity index (χ4n) is 2.41. The summed E-state index contributed by atoms with van der Waals surface area (Å²) < 4.78 is 4.87. The van der Waals surface area contributed by atoms with Gasteiger partial charge in [-0.2, -0.15) is 0 Å². The number of nitrogens with zero attached hydrogens (tertiary/aromatic N) is 1. The van der Waals surface area contributed by atoms with Gasteiger partial charge in [0.15, 0.2) is 0 Å². The Morgan fingerprint density at radius 2 is 1.89 bits per heavy atom. The van der Waals surface area contributed by atoms with Crippen LogP contribution in [0.25, 0.3) is 21.7 Å². The van der Waals surface area contributed by atoms with Gasteiger partial charge in [0.25, 0.3) is 0 Å². The first-order valence-corrected chi connectivity index (χ1v) is 6.08. The molecule has 3 heteroatoms. The summed E-state index contributed by atoms with van der Waals surface area (Å²) in [5.74, 6) is -0.319. The molecule has 0 amide bonds. The van der Waals surface area contributed by atoms with Crippen molar-refractivity contribution in [2.45, 2.75) is 6.92 Å². The minimum absolute atomic E-state index is 0.319. The highest BCUT2D eigenvalue weighted by molar-refractivity contribution is 6.12. The molecule has 0 aliphatic rings. The van der Waals surface area contributed by atoms with Crippen molar-refractivity contribution in [2.75, 3.05) is 7.11 Å². The zero-order chi connectivity index (χ0) is 13.4. The first-order valence-electron chi connectivity index (χ1n) is 6.08. The van der Waals surface area contributed by atoms with Crippen molar-refractivity contribution < 1.29 is 9.53 Å². The van der Waals surface area contributed by atoms with E-state index in [1.807, 2.05) is 43.3 Å². The number of rotatable bonds is 1. The lowest BCUT2D eigenvalue weighted by atomic mass is 10.0. The van der Waals surface area contributed by atoms with Crippen molar-refractivity contribution in [1.82, 2.24) is 4.98 Å². The maximum Gasteiger partial charge on any atom is 0.338 e. The monoisotopic (exact) mass is 251 g/mol. The van der Waals surface area contributed by atoms with Gasteiger partial charge in [0.05, 0.1) is 18.2 Å². The van der Waals surface area contributed by atoms with E-state index >= 15 is 0 Å². The number of esters is 1. The summed E-state index contributed by atoms with van der Waals surface area (Å²) >= 11 is 0. The molecule has 0 bridgehead atoms. The molecule has 2 aromatic carbocycles. The molecule has 94 valence electrons. The van der Waals surface area contributed by atoms with Gasteiger partial charge in [-0.25, -0.2) is 4.79 Å². The molecule has 0 saturated heterocycles. The van der Waals surface area contributed by atoms with Gasteiger partial charge in [-0.05, 0) is 17.9 Å². The van der Waals surface area contributed by atoms with Crippen LogP contribution in [0.4, 0.5) is 0 Å². The number of carbonyl (C=O) groups is 1. The van der Waals surface area contributed by atoms with Crippen LogP contribution in [0.3, 0.4) is 0 Å². The minimum Gasteiger partial charge on any atom is -0.465 e. The Labute approximate surface area is 110 Å². The van der Waals surface area contributed by atoms with Crippen molar-refractivity contribution in [3.63, 3.8) is 0 Å². The predicted octanol–water partition coefficient (Wildman–Crippen LogP) is 3.48. The molecule has 19 heavy (non-hydrogen) atoms. The third-order valence-electron chi connectivity index (χ3n) is 3.34. The number of ether oxygens (including phenoxy) is 1. The highest BCUT2D eigenvalue weighted by Gasteiger charge is 2.15. The van der Waals surface area contributed by atoms with E-state index in [0.29, 0.717) is 5.56 Å². The van der Waals surface area contributed by atoms with Crippen molar-refractivity contribution in [1.29, 1.82) is 0 Å². The minimum atomic E-state index is -0.319. The highest BCUT2D eigenvalue weighted by atomic mass is 16.5. The van der Waals surface area contributed by atoms with Crippen molar-refractivity contribution in [2.24, 2.45) is 0 Å². The summed E-state index contributed by atoms with van der Waals surface area (Å²) in [4.78, 5) is 16.4. The Kier molecular flexibility index (Phi) is 2.67. The Bertz CT molecular complexity index is 793. The number of hydrogen-bond donors (Lipinski definition) is 0. The third-order valence-corrected chi connectivity index (χ3v) is 3.34. The van der Waals surface area contributed by atoms with E-state index in [1.165, 1.54) is 7.11 Å². The summed E-state index contributed by atoms with van der Waals surface area (Å²) in [7, 11) is 1.40. The molecule has 0 aliphatic carbocycles. The fourth-order valence-corrected chi connectivity index (χ4v) is 2.41. The van der Waals surface area contributed by atoms with Gasteiger partial charge in [0.2, 0.25) is 0 Å². The number of benzene rings is 2. The van der Waals surface area contributed by atoms with Gasteiger partial charge in [0.1, 0.15) is 0 Å². The van der Waals surface area contributed by atoms with Gasteiger partial charge in [-0.15, -0.1) is 0 Å². The predicted molar refractivity (Wildman–Crippen MR) is 75.3 cm³/mol.